The first kappa shape index (κ1) is 29.2. The van der Waals surface area contributed by atoms with Crippen LogP contribution in [0.1, 0.15) is 21.5 Å². The first-order chi connectivity index (χ1) is 21.2. The number of carbonyl (C=O) groups is 1. The number of alkyl halides is 3. The summed E-state index contributed by atoms with van der Waals surface area (Å²) >= 11 is 0. The molecular weight excluding hydrogens is 573 g/mol. The normalized spacial score (nSPS) is 14.1. The number of aryl methyl sites for hydroxylation is 1. The van der Waals surface area contributed by atoms with Gasteiger partial charge in [0, 0.05) is 54.5 Å². The van der Waals surface area contributed by atoms with Crippen molar-refractivity contribution in [3.05, 3.63) is 89.9 Å². The summed E-state index contributed by atoms with van der Waals surface area (Å²) in [6.45, 7) is 6.42. The first-order valence-electron chi connectivity index (χ1n) is 14.0. The maximum atomic E-state index is 13.2. The van der Waals surface area contributed by atoms with Gasteiger partial charge in [-0.15, -0.1) is 0 Å². The minimum absolute atomic E-state index is 0.0445. The summed E-state index contributed by atoms with van der Waals surface area (Å²) in [5.74, 6) is 0.398. The number of carbonyl (C=O) groups excluding carboxylic acids is 1. The van der Waals surface area contributed by atoms with E-state index in [2.05, 4.69) is 25.6 Å². The lowest BCUT2D eigenvalue weighted by molar-refractivity contribution is -0.137. The Kier molecular flexibility index (Phi) is 8.22. The van der Waals surface area contributed by atoms with Gasteiger partial charge in [-0.3, -0.25) is 14.7 Å². The topological polar surface area (TPSA) is 110 Å². The summed E-state index contributed by atoms with van der Waals surface area (Å²) in [5, 5.41) is 11.2. The Hall–Kier alpha value is -4.88. The number of ether oxygens (including phenoxy) is 1. The van der Waals surface area contributed by atoms with Crippen molar-refractivity contribution >= 4 is 34.1 Å². The number of anilines is 3. The molecule has 10 nitrogen and oxygen atoms in total. The van der Waals surface area contributed by atoms with Crippen molar-refractivity contribution in [3.8, 4) is 11.4 Å². The number of halogens is 3. The van der Waals surface area contributed by atoms with Crippen molar-refractivity contribution in [1.82, 2.24) is 29.6 Å². The Morgan fingerprint density at radius 2 is 1.84 bits per heavy atom. The summed E-state index contributed by atoms with van der Waals surface area (Å²) in [7, 11) is 0. The third-order valence-corrected chi connectivity index (χ3v) is 7.35. The van der Waals surface area contributed by atoms with Crippen LogP contribution in [0.2, 0.25) is 0 Å². The summed E-state index contributed by atoms with van der Waals surface area (Å²) < 4.78 is 46.8. The maximum absolute atomic E-state index is 13.2. The van der Waals surface area contributed by atoms with Crippen LogP contribution in [0.3, 0.4) is 0 Å². The Morgan fingerprint density at radius 1 is 1.00 bits per heavy atom. The molecule has 0 unspecified atom stereocenters. The molecule has 0 bridgehead atoms. The molecule has 0 atom stereocenters. The lowest BCUT2D eigenvalue weighted by Crippen LogP contribution is -2.38. The van der Waals surface area contributed by atoms with Crippen molar-refractivity contribution in [2.75, 3.05) is 43.5 Å². The molecule has 1 aliphatic rings. The van der Waals surface area contributed by atoms with Gasteiger partial charge in [0.2, 0.25) is 0 Å². The molecule has 44 heavy (non-hydrogen) atoms. The van der Waals surface area contributed by atoms with Gasteiger partial charge in [0.25, 0.3) is 5.91 Å². The Labute approximate surface area is 250 Å². The van der Waals surface area contributed by atoms with Gasteiger partial charge in [-0.2, -0.15) is 18.3 Å². The number of nitrogens with zero attached hydrogens (tertiary/aromatic N) is 6. The zero-order valence-electron chi connectivity index (χ0n) is 23.8. The molecule has 0 spiro atoms. The lowest BCUT2D eigenvalue weighted by atomic mass is 10.1. The molecular formula is C31H29F3N8O2. The zero-order valence-corrected chi connectivity index (χ0v) is 23.8. The summed E-state index contributed by atoms with van der Waals surface area (Å²) in [6.07, 6.45) is 0.551. The molecule has 1 amide bonds. The van der Waals surface area contributed by atoms with Gasteiger partial charge in [0.1, 0.15) is 5.82 Å². The fraction of sp³-hybridized carbons (Fsp3) is 0.258. The van der Waals surface area contributed by atoms with E-state index in [0.717, 1.165) is 42.9 Å². The van der Waals surface area contributed by atoms with Crippen LogP contribution in [0.4, 0.5) is 30.4 Å². The van der Waals surface area contributed by atoms with Crippen molar-refractivity contribution < 1.29 is 22.7 Å². The minimum Gasteiger partial charge on any atom is -0.379 e. The number of hydrogen-bond acceptors (Lipinski definition) is 8. The van der Waals surface area contributed by atoms with E-state index in [-0.39, 0.29) is 11.3 Å². The average Bonchev–Trinajstić information content (AvgIpc) is 3.45. The molecule has 2 aromatic carbocycles. The maximum Gasteiger partial charge on any atom is 0.416 e. The van der Waals surface area contributed by atoms with Crippen molar-refractivity contribution in [1.29, 1.82) is 0 Å². The van der Waals surface area contributed by atoms with Gasteiger partial charge < -0.3 is 15.4 Å². The molecule has 1 saturated heterocycles. The molecule has 0 saturated carbocycles. The van der Waals surface area contributed by atoms with Crippen LogP contribution in [0, 0.1) is 6.92 Å². The second-order valence-electron chi connectivity index (χ2n) is 10.4. The average molecular weight is 603 g/mol. The molecule has 1 fully saturated rings. The largest absolute Gasteiger partial charge is 0.416 e. The van der Waals surface area contributed by atoms with E-state index in [9.17, 15) is 18.0 Å². The molecule has 2 N–H and O–H groups in total. The van der Waals surface area contributed by atoms with Crippen LogP contribution in [0.25, 0.3) is 22.4 Å². The second kappa shape index (κ2) is 12.4. The van der Waals surface area contributed by atoms with Gasteiger partial charge in [0.15, 0.2) is 11.5 Å². The number of benzene rings is 2. The molecule has 1 aliphatic heterocycles. The van der Waals surface area contributed by atoms with Gasteiger partial charge in [-0.25, -0.2) is 14.6 Å². The van der Waals surface area contributed by atoms with Crippen LogP contribution in [-0.4, -0.2) is 68.4 Å². The Morgan fingerprint density at radius 3 is 2.61 bits per heavy atom. The van der Waals surface area contributed by atoms with Gasteiger partial charge in [0.05, 0.1) is 36.9 Å². The molecule has 226 valence electrons. The molecule has 3 aromatic heterocycles. The third kappa shape index (κ3) is 6.53. The molecule has 13 heteroatoms. The number of hydrogen-bond donors (Lipinski definition) is 2. The van der Waals surface area contributed by atoms with E-state index < -0.39 is 17.6 Å². The fourth-order valence-corrected chi connectivity index (χ4v) is 4.90. The Bertz CT molecular complexity index is 1790. The van der Waals surface area contributed by atoms with Gasteiger partial charge in [-0.1, -0.05) is 12.1 Å². The van der Waals surface area contributed by atoms with Gasteiger partial charge in [-0.05, 0) is 55.0 Å². The third-order valence-electron chi connectivity index (χ3n) is 7.35. The highest BCUT2D eigenvalue weighted by Crippen LogP contribution is 2.32. The van der Waals surface area contributed by atoms with E-state index in [4.69, 9.17) is 14.7 Å². The number of nitrogens with one attached hydrogen (secondary N) is 2. The van der Waals surface area contributed by atoms with Crippen LogP contribution in [0.15, 0.2) is 73.2 Å². The molecule has 6 rings (SSSR count). The first-order valence-corrected chi connectivity index (χ1v) is 14.0. The number of morpholine rings is 1. The van der Waals surface area contributed by atoms with E-state index >= 15 is 0 Å². The van der Waals surface area contributed by atoms with E-state index in [1.54, 1.807) is 36.8 Å². The summed E-state index contributed by atoms with van der Waals surface area (Å²) in [6, 6.07) is 13.2. The number of amides is 1. The predicted molar refractivity (Wildman–Crippen MR) is 160 cm³/mol. The highest BCUT2D eigenvalue weighted by Gasteiger charge is 2.30. The van der Waals surface area contributed by atoms with Crippen molar-refractivity contribution in [2.24, 2.45) is 0 Å². The molecule has 0 aliphatic carbocycles. The van der Waals surface area contributed by atoms with E-state index in [0.29, 0.717) is 48.1 Å². The zero-order chi connectivity index (χ0) is 30.7. The molecule has 5 aromatic rings. The number of rotatable bonds is 8. The predicted octanol–water partition coefficient (Wildman–Crippen LogP) is 5.54. The van der Waals surface area contributed by atoms with E-state index in [1.807, 2.05) is 23.7 Å². The fourth-order valence-electron chi connectivity index (χ4n) is 4.90. The van der Waals surface area contributed by atoms with Crippen LogP contribution in [-0.2, 0) is 17.5 Å². The standard InChI is InChI=1S/C31H29F3N8O2/c1-20-7-8-21(30(43)37-24-6-2-5-23(17-24)31(32,33)34)16-26(20)38-28-25-19-36-42(11-10-41-12-14-44-15-13-41)29(25)40-27(39-28)22-4-3-9-35-18-22/h2-9,16-19H,10-15H2,1H3,(H,37,43)(H,38,39,40). The highest BCUT2D eigenvalue weighted by molar-refractivity contribution is 6.05. The van der Waals surface area contributed by atoms with E-state index in [1.165, 1.54) is 12.1 Å². The van der Waals surface area contributed by atoms with Gasteiger partial charge >= 0.3 is 6.18 Å². The number of aromatic nitrogens is 5. The number of fused-ring (bicyclic) bond motifs is 1. The van der Waals surface area contributed by atoms with Crippen molar-refractivity contribution in [2.45, 2.75) is 19.6 Å². The van der Waals surface area contributed by atoms with Crippen LogP contribution in [0.5, 0.6) is 0 Å². The van der Waals surface area contributed by atoms with Crippen LogP contribution >= 0.6 is 0 Å². The molecule has 4 heterocycles. The second-order valence-corrected chi connectivity index (χ2v) is 10.4. The summed E-state index contributed by atoms with van der Waals surface area (Å²) in [4.78, 5) is 29.2. The van der Waals surface area contributed by atoms with Crippen LogP contribution < -0.4 is 10.6 Å². The Balaban J connectivity index is 1.30. The van der Waals surface area contributed by atoms with Crippen molar-refractivity contribution in [3.63, 3.8) is 0 Å². The highest BCUT2D eigenvalue weighted by atomic mass is 19.4. The number of pyridine rings is 1. The monoisotopic (exact) mass is 602 g/mol. The smallest absolute Gasteiger partial charge is 0.379 e. The lowest BCUT2D eigenvalue weighted by Gasteiger charge is -2.26. The SMILES string of the molecule is Cc1ccc(C(=O)Nc2cccc(C(F)(F)F)c2)cc1Nc1nc(-c2cccnc2)nc2c1cnn2CCN1CCOCC1. The minimum atomic E-state index is -4.52. The molecule has 0 radical (unpaired) electrons. The summed E-state index contributed by atoms with van der Waals surface area (Å²) in [5.41, 5.74) is 2.26. The quantitative estimate of drug-likeness (QED) is 0.238.